The number of aldehydes is 1. The minimum atomic E-state index is -0.426. The fraction of sp³-hybridized carbons (Fsp3) is 0.500. The molecule has 0 rings (SSSR count). The molecule has 0 saturated carbocycles. The number of carbonyl (C=O) groups is 3. The standard InChI is InChI=1S/C3H6O2.C3H4O2/c2*1-3(5)2-4/h4H,2H2,1H3;2H,1H3. The van der Waals surface area contributed by atoms with Gasteiger partial charge in [0.1, 0.15) is 6.61 Å². The molecule has 0 aromatic carbocycles. The van der Waals surface area contributed by atoms with Gasteiger partial charge in [-0.2, -0.15) is 0 Å². The maximum atomic E-state index is 9.56. The van der Waals surface area contributed by atoms with Crippen LogP contribution in [-0.2, 0) is 14.4 Å². The zero-order valence-electron chi connectivity index (χ0n) is 5.96. The molecule has 1 N–H and O–H groups in total. The number of hydrogen-bond donors (Lipinski definition) is 1. The summed E-state index contributed by atoms with van der Waals surface area (Å²) in [4.78, 5) is 28.2. The van der Waals surface area contributed by atoms with Crippen molar-refractivity contribution in [3.63, 3.8) is 0 Å². The monoisotopic (exact) mass is 146 g/mol. The van der Waals surface area contributed by atoms with Crippen LogP contribution in [0.4, 0.5) is 0 Å². The molecular weight excluding hydrogens is 136 g/mol. The molecule has 0 fully saturated rings. The average molecular weight is 146 g/mol. The van der Waals surface area contributed by atoms with E-state index in [1.165, 1.54) is 13.8 Å². The van der Waals surface area contributed by atoms with E-state index in [4.69, 9.17) is 9.90 Å². The molecular formula is C6H10O4. The first-order chi connectivity index (χ1) is 4.54. The molecule has 0 spiro atoms. The Morgan fingerprint density at radius 1 is 1.40 bits per heavy atom. The summed E-state index contributed by atoms with van der Waals surface area (Å²) >= 11 is 0. The third-order valence-electron chi connectivity index (χ3n) is 0.389. The maximum absolute atomic E-state index is 9.56. The maximum Gasteiger partial charge on any atom is 0.192 e. The van der Waals surface area contributed by atoms with E-state index in [2.05, 4.69) is 0 Å². The summed E-state index contributed by atoms with van der Waals surface area (Å²) < 4.78 is 0. The zero-order chi connectivity index (χ0) is 8.57. The highest BCUT2D eigenvalue weighted by atomic mass is 16.3. The highest BCUT2D eigenvalue weighted by molar-refractivity contribution is 6.23. The quantitative estimate of drug-likeness (QED) is 0.414. The van der Waals surface area contributed by atoms with Crippen molar-refractivity contribution in [3.05, 3.63) is 0 Å². The van der Waals surface area contributed by atoms with Gasteiger partial charge in [0.2, 0.25) is 0 Å². The van der Waals surface area contributed by atoms with Crippen molar-refractivity contribution in [2.45, 2.75) is 13.8 Å². The van der Waals surface area contributed by atoms with Crippen LogP contribution in [0.3, 0.4) is 0 Å². The lowest BCUT2D eigenvalue weighted by molar-refractivity contribution is -0.128. The molecule has 0 aromatic heterocycles. The molecule has 0 aromatic rings. The normalized spacial score (nSPS) is 7.10. The van der Waals surface area contributed by atoms with Crippen molar-refractivity contribution in [2.24, 2.45) is 0 Å². The van der Waals surface area contributed by atoms with Crippen LogP contribution < -0.4 is 0 Å². The van der Waals surface area contributed by atoms with E-state index in [1.807, 2.05) is 0 Å². The van der Waals surface area contributed by atoms with Crippen LogP contribution >= 0.6 is 0 Å². The van der Waals surface area contributed by atoms with Crippen molar-refractivity contribution in [3.8, 4) is 0 Å². The van der Waals surface area contributed by atoms with Crippen molar-refractivity contribution >= 4 is 17.9 Å². The lowest BCUT2D eigenvalue weighted by Crippen LogP contribution is -1.93. The zero-order valence-corrected chi connectivity index (χ0v) is 5.96. The lowest BCUT2D eigenvalue weighted by atomic mass is 10.5. The van der Waals surface area contributed by atoms with Gasteiger partial charge in [0.15, 0.2) is 17.9 Å². The van der Waals surface area contributed by atoms with Gasteiger partial charge in [0, 0.05) is 6.92 Å². The number of carbonyl (C=O) groups excluding carboxylic acids is 3. The number of aliphatic hydroxyl groups is 1. The van der Waals surface area contributed by atoms with Gasteiger partial charge >= 0.3 is 0 Å². The fourth-order valence-electron chi connectivity index (χ4n) is 0. The Morgan fingerprint density at radius 3 is 1.60 bits per heavy atom. The molecule has 0 amide bonds. The number of Topliss-reactive ketones (excluding diaryl/α,β-unsaturated/α-hetero) is 2. The van der Waals surface area contributed by atoms with Crippen molar-refractivity contribution < 1.29 is 19.5 Å². The van der Waals surface area contributed by atoms with E-state index in [0.717, 1.165) is 0 Å². The summed E-state index contributed by atoms with van der Waals surface area (Å²) in [7, 11) is 0. The van der Waals surface area contributed by atoms with Crippen molar-refractivity contribution in [1.29, 1.82) is 0 Å². The molecule has 0 aliphatic rings. The second kappa shape index (κ2) is 7.97. The lowest BCUT2D eigenvalue weighted by Gasteiger charge is -1.72. The summed E-state index contributed by atoms with van der Waals surface area (Å²) in [6, 6.07) is 0. The van der Waals surface area contributed by atoms with E-state index in [9.17, 15) is 9.59 Å². The minimum absolute atomic E-state index is 0.190. The molecule has 0 atom stereocenters. The van der Waals surface area contributed by atoms with Crippen LogP contribution in [0.2, 0.25) is 0 Å². The van der Waals surface area contributed by atoms with Crippen LogP contribution in [0.15, 0.2) is 0 Å². The third-order valence-corrected chi connectivity index (χ3v) is 0.389. The summed E-state index contributed by atoms with van der Waals surface area (Å²) in [6.07, 6.45) is 0.278. The Hall–Kier alpha value is -1.03. The van der Waals surface area contributed by atoms with E-state index >= 15 is 0 Å². The first-order valence-corrected chi connectivity index (χ1v) is 2.60. The predicted octanol–water partition coefficient (Wildman–Crippen LogP) is -0.658. The van der Waals surface area contributed by atoms with Crippen molar-refractivity contribution in [1.82, 2.24) is 0 Å². The van der Waals surface area contributed by atoms with Crippen LogP contribution in [0.1, 0.15) is 13.8 Å². The van der Waals surface area contributed by atoms with Gasteiger partial charge in [-0.25, -0.2) is 0 Å². The van der Waals surface area contributed by atoms with Gasteiger partial charge in [0.05, 0.1) is 0 Å². The van der Waals surface area contributed by atoms with Gasteiger partial charge in [-0.3, -0.25) is 14.4 Å². The number of hydrogen-bond acceptors (Lipinski definition) is 4. The Bertz CT molecular complexity index is 128. The van der Waals surface area contributed by atoms with Gasteiger partial charge in [-0.1, -0.05) is 0 Å². The molecule has 0 heterocycles. The smallest absolute Gasteiger partial charge is 0.192 e. The Kier molecular flexibility index (Phi) is 9.35. The third kappa shape index (κ3) is 28.2. The van der Waals surface area contributed by atoms with Gasteiger partial charge in [-0.05, 0) is 6.92 Å². The van der Waals surface area contributed by atoms with E-state index < -0.39 is 5.78 Å². The molecule has 10 heavy (non-hydrogen) atoms. The predicted molar refractivity (Wildman–Crippen MR) is 34.5 cm³/mol. The van der Waals surface area contributed by atoms with Gasteiger partial charge in [-0.15, -0.1) is 0 Å². The molecule has 0 unspecified atom stereocenters. The summed E-state index contributed by atoms with van der Waals surface area (Å²) in [5.41, 5.74) is 0. The molecule has 58 valence electrons. The number of aliphatic hydroxyl groups excluding tert-OH is 1. The van der Waals surface area contributed by atoms with Crippen LogP contribution in [0.5, 0.6) is 0 Å². The average Bonchev–Trinajstić information content (AvgIpc) is 1.89. The fourth-order valence-corrected chi connectivity index (χ4v) is 0. The van der Waals surface area contributed by atoms with Gasteiger partial charge in [0.25, 0.3) is 0 Å². The largest absolute Gasteiger partial charge is 0.389 e. The van der Waals surface area contributed by atoms with E-state index in [1.54, 1.807) is 0 Å². The molecule has 0 saturated heterocycles. The molecule has 0 bridgehead atoms. The number of ketones is 2. The summed E-state index contributed by atoms with van der Waals surface area (Å²) in [5.74, 6) is -0.616. The van der Waals surface area contributed by atoms with E-state index in [0.29, 0.717) is 0 Å². The summed E-state index contributed by atoms with van der Waals surface area (Å²) in [6.45, 7) is 2.22. The Labute approximate surface area is 58.8 Å². The van der Waals surface area contributed by atoms with E-state index in [-0.39, 0.29) is 18.7 Å². The minimum Gasteiger partial charge on any atom is -0.389 e. The molecule has 0 radical (unpaired) electrons. The van der Waals surface area contributed by atoms with Crippen LogP contribution in [0.25, 0.3) is 0 Å². The van der Waals surface area contributed by atoms with Crippen LogP contribution in [0, 0.1) is 0 Å². The Morgan fingerprint density at radius 2 is 1.60 bits per heavy atom. The molecule has 0 aliphatic heterocycles. The summed E-state index contributed by atoms with van der Waals surface area (Å²) in [5, 5.41) is 7.79. The topological polar surface area (TPSA) is 71.4 Å². The SMILES string of the molecule is CC(=O)C=O.CC(=O)CO. The molecule has 0 aliphatic carbocycles. The second-order valence-corrected chi connectivity index (χ2v) is 1.59. The number of rotatable bonds is 2. The first kappa shape index (κ1) is 11.7. The van der Waals surface area contributed by atoms with Crippen LogP contribution in [-0.4, -0.2) is 29.6 Å². The highest BCUT2D eigenvalue weighted by Crippen LogP contribution is 1.55. The highest BCUT2D eigenvalue weighted by Gasteiger charge is 1.78. The molecule has 4 nitrogen and oxygen atoms in total. The Balaban J connectivity index is 0. The first-order valence-electron chi connectivity index (χ1n) is 2.60. The van der Waals surface area contributed by atoms with Gasteiger partial charge < -0.3 is 5.11 Å². The second-order valence-electron chi connectivity index (χ2n) is 1.59. The van der Waals surface area contributed by atoms with Crippen molar-refractivity contribution in [2.75, 3.05) is 6.61 Å². The molecule has 4 heteroatoms.